The molecule has 1 aliphatic rings. The Morgan fingerprint density at radius 1 is 1.30 bits per heavy atom. The molecule has 0 radical (unpaired) electrons. The van der Waals surface area contributed by atoms with Gasteiger partial charge in [0.15, 0.2) is 0 Å². The molecule has 20 heavy (non-hydrogen) atoms. The lowest BCUT2D eigenvalue weighted by Gasteiger charge is -2.21. The summed E-state index contributed by atoms with van der Waals surface area (Å²) in [6, 6.07) is -1.31. The van der Waals surface area contributed by atoms with Gasteiger partial charge in [-0.15, -0.1) is 0 Å². The summed E-state index contributed by atoms with van der Waals surface area (Å²) in [5.41, 5.74) is 0. The third-order valence-corrected chi connectivity index (χ3v) is 3.78. The van der Waals surface area contributed by atoms with Crippen molar-refractivity contribution in [3.05, 3.63) is 0 Å². The molecule has 0 aromatic rings. The maximum Gasteiger partial charge on any atom is 0.326 e. The molecule has 1 rings (SSSR count). The van der Waals surface area contributed by atoms with Crippen molar-refractivity contribution in [3.8, 4) is 0 Å². The molecule has 0 saturated heterocycles. The molecular weight excluding hydrogens is 260 g/mol. The Bertz CT molecular complexity index is 304. The predicted octanol–water partition coefficient (Wildman–Crippen LogP) is 1.75. The Morgan fingerprint density at radius 2 is 2.00 bits per heavy atom. The summed E-state index contributed by atoms with van der Waals surface area (Å²) in [4.78, 5) is 22.6. The zero-order valence-electron chi connectivity index (χ0n) is 12.2. The van der Waals surface area contributed by atoms with Crippen molar-refractivity contribution in [2.75, 3.05) is 20.3 Å². The number of hydrogen-bond acceptors (Lipinski definition) is 3. The maximum absolute atomic E-state index is 11.6. The smallest absolute Gasteiger partial charge is 0.326 e. The van der Waals surface area contributed by atoms with E-state index in [0.29, 0.717) is 19.1 Å². The third-order valence-electron chi connectivity index (χ3n) is 3.78. The molecule has 116 valence electrons. The van der Waals surface area contributed by atoms with E-state index in [0.717, 1.165) is 6.42 Å². The quantitative estimate of drug-likeness (QED) is 0.634. The van der Waals surface area contributed by atoms with Crippen molar-refractivity contribution >= 4 is 12.0 Å². The van der Waals surface area contributed by atoms with E-state index < -0.39 is 18.0 Å². The van der Waals surface area contributed by atoms with Crippen LogP contribution in [0.5, 0.6) is 0 Å². The van der Waals surface area contributed by atoms with E-state index in [2.05, 4.69) is 10.6 Å². The number of hydrogen-bond donors (Lipinski definition) is 3. The Labute approximate surface area is 120 Å². The fourth-order valence-electron chi connectivity index (χ4n) is 2.57. The topological polar surface area (TPSA) is 87.7 Å². The number of urea groups is 1. The van der Waals surface area contributed by atoms with Gasteiger partial charge in [0.1, 0.15) is 6.04 Å². The van der Waals surface area contributed by atoms with E-state index in [1.807, 2.05) is 0 Å². The Kier molecular flexibility index (Phi) is 8.02. The molecular formula is C14H26N2O4. The first kappa shape index (κ1) is 16.8. The summed E-state index contributed by atoms with van der Waals surface area (Å²) in [7, 11) is 1.50. The molecule has 0 aromatic carbocycles. The van der Waals surface area contributed by atoms with Crippen LogP contribution < -0.4 is 10.6 Å². The summed E-state index contributed by atoms with van der Waals surface area (Å²) < 4.78 is 4.83. The fraction of sp³-hybridized carbons (Fsp3) is 0.857. The second-order valence-corrected chi connectivity index (χ2v) is 5.37. The zero-order chi connectivity index (χ0) is 14.8. The third kappa shape index (κ3) is 6.75. The van der Waals surface area contributed by atoms with Crippen molar-refractivity contribution in [3.63, 3.8) is 0 Å². The fourth-order valence-corrected chi connectivity index (χ4v) is 2.57. The first-order chi connectivity index (χ1) is 9.63. The standard InChI is InChI=1S/C14H26N2O4/c1-20-10-8-12(13(17)18)16-14(19)15-9-7-11-5-3-2-4-6-11/h11-12H,2-10H2,1H3,(H,17,18)(H2,15,16,19). The molecule has 1 aliphatic carbocycles. The minimum Gasteiger partial charge on any atom is -0.480 e. The number of aliphatic carboxylic acids is 1. The van der Waals surface area contributed by atoms with E-state index in [-0.39, 0.29) is 6.42 Å². The second kappa shape index (κ2) is 9.58. The molecule has 0 aliphatic heterocycles. The van der Waals surface area contributed by atoms with Crippen LogP contribution in [0, 0.1) is 5.92 Å². The average molecular weight is 286 g/mol. The number of carbonyl (C=O) groups excluding carboxylic acids is 1. The van der Waals surface area contributed by atoms with Crippen molar-refractivity contribution in [1.29, 1.82) is 0 Å². The van der Waals surface area contributed by atoms with Gasteiger partial charge in [0, 0.05) is 26.7 Å². The number of nitrogens with one attached hydrogen (secondary N) is 2. The van der Waals surface area contributed by atoms with Gasteiger partial charge in [-0.25, -0.2) is 9.59 Å². The maximum atomic E-state index is 11.6. The van der Waals surface area contributed by atoms with Gasteiger partial charge in [-0.2, -0.15) is 0 Å². The molecule has 0 heterocycles. The minimum atomic E-state index is -1.04. The molecule has 2 amide bonds. The van der Waals surface area contributed by atoms with E-state index in [9.17, 15) is 9.59 Å². The Balaban J connectivity index is 2.18. The Morgan fingerprint density at radius 3 is 2.60 bits per heavy atom. The number of methoxy groups -OCH3 is 1. The van der Waals surface area contributed by atoms with E-state index in [1.54, 1.807) is 0 Å². The van der Waals surface area contributed by atoms with E-state index >= 15 is 0 Å². The van der Waals surface area contributed by atoms with Crippen molar-refractivity contribution in [1.82, 2.24) is 10.6 Å². The first-order valence-electron chi connectivity index (χ1n) is 7.39. The molecule has 0 aromatic heterocycles. The van der Waals surface area contributed by atoms with Gasteiger partial charge < -0.3 is 20.5 Å². The van der Waals surface area contributed by atoms with Crippen LogP contribution in [0.3, 0.4) is 0 Å². The highest BCUT2D eigenvalue weighted by molar-refractivity contribution is 5.82. The van der Waals surface area contributed by atoms with Gasteiger partial charge in [0.2, 0.25) is 0 Å². The SMILES string of the molecule is COCCC(NC(=O)NCCC1CCCCC1)C(=O)O. The lowest BCUT2D eigenvalue weighted by molar-refractivity contribution is -0.139. The lowest BCUT2D eigenvalue weighted by atomic mass is 9.87. The number of carboxylic acids is 1. The molecule has 3 N–H and O–H groups in total. The van der Waals surface area contributed by atoms with Gasteiger partial charge in [-0.1, -0.05) is 32.1 Å². The monoisotopic (exact) mass is 286 g/mol. The van der Waals surface area contributed by atoms with Crippen LogP contribution in [0.1, 0.15) is 44.9 Å². The number of rotatable bonds is 8. The van der Waals surface area contributed by atoms with Gasteiger partial charge in [-0.3, -0.25) is 0 Å². The normalized spacial score (nSPS) is 17.4. The van der Waals surface area contributed by atoms with Crippen molar-refractivity contribution in [2.24, 2.45) is 5.92 Å². The summed E-state index contributed by atoms with van der Waals surface area (Å²) >= 11 is 0. The molecule has 1 atom stereocenters. The van der Waals surface area contributed by atoms with Crippen molar-refractivity contribution < 1.29 is 19.4 Å². The first-order valence-corrected chi connectivity index (χ1v) is 7.39. The van der Waals surface area contributed by atoms with Gasteiger partial charge >= 0.3 is 12.0 Å². The summed E-state index contributed by atoms with van der Waals surface area (Å²) in [6.45, 7) is 0.909. The highest BCUT2D eigenvalue weighted by Crippen LogP contribution is 2.25. The van der Waals surface area contributed by atoms with Crippen LogP contribution in [0.25, 0.3) is 0 Å². The average Bonchev–Trinajstić information content (AvgIpc) is 2.44. The van der Waals surface area contributed by atoms with Gasteiger partial charge in [0.05, 0.1) is 0 Å². The summed E-state index contributed by atoms with van der Waals surface area (Å²) in [6.07, 6.45) is 7.63. The molecule has 0 bridgehead atoms. The lowest BCUT2D eigenvalue weighted by Crippen LogP contribution is -2.46. The summed E-state index contributed by atoms with van der Waals surface area (Å²) in [5, 5.41) is 14.2. The highest BCUT2D eigenvalue weighted by atomic mass is 16.5. The molecule has 0 spiro atoms. The summed E-state index contributed by atoms with van der Waals surface area (Å²) in [5.74, 6) is -0.336. The van der Waals surface area contributed by atoms with Gasteiger partial charge in [0.25, 0.3) is 0 Å². The van der Waals surface area contributed by atoms with E-state index in [1.165, 1.54) is 39.2 Å². The van der Waals surface area contributed by atoms with Crippen LogP contribution in [0.2, 0.25) is 0 Å². The van der Waals surface area contributed by atoms with Gasteiger partial charge in [-0.05, 0) is 12.3 Å². The minimum absolute atomic E-state index is 0.266. The zero-order valence-corrected chi connectivity index (χ0v) is 12.2. The van der Waals surface area contributed by atoms with Crippen LogP contribution in [-0.2, 0) is 9.53 Å². The number of ether oxygens (including phenoxy) is 1. The number of carboxylic acid groups (broad SMARTS) is 1. The molecule has 6 heteroatoms. The largest absolute Gasteiger partial charge is 0.480 e. The van der Waals surface area contributed by atoms with Crippen LogP contribution in [0.15, 0.2) is 0 Å². The molecule has 1 fully saturated rings. The van der Waals surface area contributed by atoms with Crippen LogP contribution >= 0.6 is 0 Å². The highest BCUT2D eigenvalue weighted by Gasteiger charge is 2.19. The number of amides is 2. The molecule has 1 unspecified atom stereocenters. The van der Waals surface area contributed by atoms with Crippen LogP contribution in [-0.4, -0.2) is 43.4 Å². The number of carbonyl (C=O) groups is 2. The second-order valence-electron chi connectivity index (χ2n) is 5.37. The van der Waals surface area contributed by atoms with Crippen LogP contribution in [0.4, 0.5) is 4.79 Å². The predicted molar refractivity (Wildman–Crippen MR) is 75.6 cm³/mol. The van der Waals surface area contributed by atoms with E-state index in [4.69, 9.17) is 9.84 Å². The molecule has 6 nitrogen and oxygen atoms in total. The van der Waals surface area contributed by atoms with Crippen molar-refractivity contribution in [2.45, 2.75) is 51.0 Å². The molecule has 1 saturated carbocycles. The Hall–Kier alpha value is -1.30.